The number of nitrogens with one attached hydrogen (secondary N) is 1. The van der Waals surface area contributed by atoms with Crippen LogP contribution in [0.5, 0.6) is 0 Å². The van der Waals surface area contributed by atoms with Crippen molar-refractivity contribution in [2.75, 3.05) is 0 Å². The van der Waals surface area contributed by atoms with Crippen LogP contribution in [0, 0.1) is 6.92 Å². The molecule has 0 unspecified atom stereocenters. The smallest absolute Gasteiger partial charge is 0.287 e. The van der Waals surface area contributed by atoms with Crippen molar-refractivity contribution in [3.8, 4) is 0 Å². The van der Waals surface area contributed by atoms with Crippen molar-refractivity contribution in [3.63, 3.8) is 0 Å². The van der Waals surface area contributed by atoms with E-state index in [0.29, 0.717) is 17.0 Å². The van der Waals surface area contributed by atoms with Crippen LogP contribution in [0.25, 0.3) is 0 Å². The highest BCUT2D eigenvalue weighted by molar-refractivity contribution is 9.10. The molecule has 6 heteroatoms. The number of aromatic nitrogens is 1. The number of hydrogen-bond acceptors (Lipinski definition) is 4. The van der Waals surface area contributed by atoms with Gasteiger partial charge in [-0.25, -0.2) is 4.98 Å². The van der Waals surface area contributed by atoms with Gasteiger partial charge in [0, 0.05) is 0 Å². The largest absolute Gasteiger partial charge is 0.446 e. The van der Waals surface area contributed by atoms with Gasteiger partial charge in [0.05, 0.1) is 12.2 Å². The average molecular weight is 285 g/mol. The first-order chi connectivity index (χ1) is 7.66. The monoisotopic (exact) mass is 284 g/mol. The number of aryl methyl sites for hydroxylation is 1. The number of carbonyl (C=O) groups excluding carboxylic acids is 1. The van der Waals surface area contributed by atoms with Gasteiger partial charge in [-0.05, 0) is 35.0 Å². The van der Waals surface area contributed by atoms with Crippen molar-refractivity contribution in [3.05, 3.63) is 40.4 Å². The molecule has 0 aliphatic rings. The van der Waals surface area contributed by atoms with Gasteiger partial charge in [-0.2, -0.15) is 0 Å². The van der Waals surface area contributed by atoms with Gasteiger partial charge >= 0.3 is 0 Å². The van der Waals surface area contributed by atoms with Crippen LogP contribution in [0.2, 0.25) is 0 Å². The second kappa shape index (κ2) is 4.52. The Bertz CT molecular complexity index is 504. The maximum atomic E-state index is 11.6. The lowest BCUT2D eigenvalue weighted by Crippen LogP contribution is -2.22. The zero-order chi connectivity index (χ0) is 11.5. The van der Waals surface area contributed by atoms with Crippen LogP contribution in [-0.2, 0) is 6.54 Å². The van der Waals surface area contributed by atoms with Crippen molar-refractivity contribution >= 4 is 21.8 Å². The molecule has 0 aromatic carbocycles. The Morgan fingerprint density at radius 3 is 2.94 bits per heavy atom. The number of carbonyl (C=O) groups is 1. The van der Waals surface area contributed by atoms with E-state index in [9.17, 15) is 4.79 Å². The highest BCUT2D eigenvalue weighted by Gasteiger charge is 2.11. The Balaban J connectivity index is 1.96. The summed E-state index contributed by atoms with van der Waals surface area (Å²) >= 11 is 3.13. The Kier molecular flexibility index (Phi) is 3.09. The quantitative estimate of drug-likeness (QED) is 0.939. The standard InChI is InChI=1S/C10H9BrN2O3/c1-6-8(15-5-13-6)4-12-10(14)7-2-3-9(11)16-7/h2-3,5H,4H2,1H3,(H,12,14). The fraction of sp³-hybridized carbons (Fsp3) is 0.200. The molecule has 2 aromatic heterocycles. The fourth-order valence-corrected chi connectivity index (χ4v) is 1.49. The van der Waals surface area contributed by atoms with Gasteiger partial charge in [0.25, 0.3) is 5.91 Å². The van der Waals surface area contributed by atoms with E-state index < -0.39 is 0 Å². The number of rotatable bonds is 3. The highest BCUT2D eigenvalue weighted by atomic mass is 79.9. The Labute approximate surface area is 100.0 Å². The van der Waals surface area contributed by atoms with E-state index >= 15 is 0 Å². The SMILES string of the molecule is Cc1ncoc1CNC(=O)c1ccc(Br)o1. The lowest BCUT2D eigenvalue weighted by atomic mass is 10.3. The zero-order valence-electron chi connectivity index (χ0n) is 8.49. The van der Waals surface area contributed by atoms with Gasteiger partial charge in [-0.1, -0.05) is 0 Å². The lowest BCUT2D eigenvalue weighted by Gasteiger charge is -2.00. The van der Waals surface area contributed by atoms with Crippen molar-refractivity contribution in [2.24, 2.45) is 0 Å². The van der Waals surface area contributed by atoms with E-state index in [0.717, 1.165) is 5.69 Å². The second-order valence-corrected chi connectivity index (χ2v) is 3.93. The normalized spacial score (nSPS) is 10.4. The molecule has 0 aliphatic carbocycles. The summed E-state index contributed by atoms with van der Waals surface area (Å²) in [6.07, 6.45) is 1.35. The lowest BCUT2D eigenvalue weighted by molar-refractivity contribution is 0.0919. The minimum Gasteiger partial charge on any atom is -0.446 e. The van der Waals surface area contributed by atoms with E-state index in [2.05, 4.69) is 26.2 Å². The van der Waals surface area contributed by atoms with Gasteiger partial charge in [0.2, 0.25) is 0 Å². The summed E-state index contributed by atoms with van der Waals surface area (Å²) in [7, 11) is 0. The molecule has 0 fully saturated rings. The fourth-order valence-electron chi connectivity index (χ4n) is 1.18. The minimum absolute atomic E-state index is 0.254. The molecule has 0 atom stereocenters. The van der Waals surface area contributed by atoms with Crippen LogP contribution in [-0.4, -0.2) is 10.9 Å². The van der Waals surface area contributed by atoms with Crippen molar-refractivity contribution in [1.29, 1.82) is 0 Å². The molecule has 84 valence electrons. The molecule has 2 aromatic rings. The van der Waals surface area contributed by atoms with Gasteiger partial charge < -0.3 is 14.2 Å². The Morgan fingerprint density at radius 1 is 1.56 bits per heavy atom. The van der Waals surface area contributed by atoms with E-state index in [1.165, 1.54) is 6.39 Å². The summed E-state index contributed by atoms with van der Waals surface area (Å²) in [5.41, 5.74) is 0.765. The van der Waals surface area contributed by atoms with Crippen LogP contribution in [0.4, 0.5) is 0 Å². The predicted octanol–water partition coefficient (Wildman–Crippen LogP) is 2.27. The molecule has 2 rings (SSSR count). The topological polar surface area (TPSA) is 68.3 Å². The summed E-state index contributed by atoms with van der Waals surface area (Å²) < 4.78 is 10.7. The first-order valence-electron chi connectivity index (χ1n) is 4.59. The van der Waals surface area contributed by atoms with E-state index in [1.807, 2.05) is 6.92 Å². The molecule has 0 radical (unpaired) electrons. The molecule has 1 amide bonds. The molecular weight excluding hydrogens is 276 g/mol. The third-order valence-electron chi connectivity index (χ3n) is 2.05. The Hall–Kier alpha value is -1.56. The molecule has 1 N–H and O–H groups in total. The van der Waals surface area contributed by atoms with Gasteiger partial charge in [-0.15, -0.1) is 0 Å². The summed E-state index contributed by atoms with van der Waals surface area (Å²) in [6.45, 7) is 2.11. The second-order valence-electron chi connectivity index (χ2n) is 3.15. The van der Waals surface area contributed by atoms with Crippen molar-refractivity contribution < 1.29 is 13.6 Å². The number of oxazole rings is 1. The summed E-state index contributed by atoms with van der Waals surface area (Å²) in [5, 5.41) is 2.67. The molecule has 0 saturated heterocycles. The molecular formula is C10H9BrN2O3. The van der Waals surface area contributed by atoms with Gasteiger partial charge in [0.15, 0.2) is 16.8 Å². The maximum absolute atomic E-state index is 11.6. The van der Waals surface area contributed by atoms with Gasteiger partial charge in [0.1, 0.15) is 5.76 Å². The first kappa shape index (κ1) is 10.9. The van der Waals surface area contributed by atoms with Crippen LogP contribution < -0.4 is 5.32 Å². The van der Waals surface area contributed by atoms with Crippen LogP contribution >= 0.6 is 15.9 Å². The molecule has 16 heavy (non-hydrogen) atoms. The van der Waals surface area contributed by atoms with E-state index in [-0.39, 0.29) is 11.7 Å². The zero-order valence-corrected chi connectivity index (χ0v) is 10.1. The van der Waals surface area contributed by atoms with E-state index in [1.54, 1.807) is 12.1 Å². The van der Waals surface area contributed by atoms with Crippen LogP contribution in [0.3, 0.4) is 0 Å². The Morgan fingerprint density at radius 2 is 2.38 bits per heavy atom. The van der Waals surface area contributed by atoms with Gasteiger partial charge in [-0.3, -0.25) is 4.79 Å². The molecule has 0 spiro atoms. The van der Waals surface area contributed by atoms with Crippen LogP contribution in [0.15, 0.2) is 32.0 Å². The van der Waals surface area contributed by atoms with Crippen LogP contribution in [0.1, 0.15) is 22.0 Å². The van der Waals surface area contributed by atoms with Crippen molar-refractivity contribution in [1.82, 2.24) is 10.3 Å². The van der Waals surface area contributed by atoms with E-state index in [4.69, 9.17) is 8.83 Å². The molecule has 5 nitrogen and oxygen atoms in total. The first-order valence-corrected chi connectivity index (χ1v) is 5.38. The number of amides is 1. The van der Waals surface area contributed by atoms with Crippen molar-refractivity contribution in [2.45, 2.75) is 13.5 Å². The molecule has 0 saturated carbocycles. The number of hydrogen-bond donors (Lipinski definition) is 1. The highest BCUT2D eigenvalue weighted by Crippen LogP contribution is 2.14. The molecule has 0 aliphatic heterocycles. The molecule has 2 heterocycles. The third-order valence-corrected chi connectivity index (χ3v) is 2.48. The number of furan rings is 1. The molecule has 0 bridgehead atoms. The number of nitrogens with zero attached hydrogens (tertiary/aromatic N) is 1. The predicted molar refractivity (Wildman–Crippen MR) is 58.8 cm³/mol. The average Bonchev–Trinajstić information content (AvgIpc) is 2.84. The summed E-state index contributed by atoms with van der Waals surface area (Å²) in [6, 6.07) is 3.25. The summed E-state index contributed by atoms with van der Waals surface area (Å²) in [5.74, 6) is 0.601. The number of halogens is 1. The maximum Gasteiger partial charge on any atom is 0.287 e. The third kappa shape index (κ3) is 2.33. The summed E-state index contributed by atoms with van der Waals surface area (Å²) in [4.78, 5) is 15.5. The minimum atomic E-state index is -0.290.